The van der Waals surface area contributed by atoms with Crippen molar-refractivity contribution >= 4 is 21.7 Å². The van der Waals surface area contributed by atoms with Crippen LogP contribution in [0.25, 0.3) is 0 Å². The molecule has 0 aromatic carbocycles. The van der Waals surface area contributed by atoms with E-state index in [4.69, 9.17) is 5.73 Å². The Hall–Kier alpha value is -1.61. The van der Waals surface area contributed by atoms with Crippen LogP contribution in [-0.2, 0) is 21.9 Å². The number of aryl methyl sites for hydroxylation is 1. The summed E-state index contributed by atoms with van der Waals surface area (Å²) in [7, 11) is -2.14. The fraction of sp³-hybridized carbons (Fsp3) is 0.600. The Balaban J connectivity index is 2.74. The van der Waals surface area contributed by atoms with Crippen molar-refractivity contribution in [3.8, 4) is 0 Å². The van der Waals surface area contributed by atoms with Gasteiger partial charge in [-0.1, -0.05) is 0 Å². The minimum atomic E-state index is -3.75. The predicted molar refractivity (Wildman–Crippen MR) is 70.8 cm³/mol. The van der Waals surface area contributed by atoms with E-state index in [-0.39, 0.29) is 29.6 Å². The zero-order chi connectivity index (χ0) is 14.6. The summed E-state index contributed by atoms with van der Waals surface area (Å²) in [6.45, 7) is 3.94. The number of nitrogens with two attached hydrogens (primary N) is 1. The molecule has 0 aliphatic rings. The summed E-state index contributed by atoms with van der Waals surface area (Å²) >= 11 is 0. The van der Waals surface area contributed by atoms with Crippen LogP contribution in [0.15, 0.2) is 4.90 Å². The second-order valence-electron chi connectivity index (χ2n) is 4.02. The monoisotopic (exact) mass is 289 g/mol. The van der Waals surface area contributed by atoms with Crippen LogP contribution in [0.4, 0.5) is 5.82 Å². The van der Waals surface area contributed by atoms with Gasteiger partial charge in [0.2, 0.25) is 15.9 Å². The van der Waals surface area contributed by atoms with Gasteiger partial charge in [0, 0.05) is 26.6 Å². The number of carbonyl (C=O) groups is 1. The van der Waals surface area contributed by atoms with Gasteiger partial charge in [0.1, 0.15) is 4.90 Å². The van der Waals surface area contributed by atoms with Gasteiger partial charge >= 0.3 is 0 Å². The molecule has 0 aliphatic heterocycles. The molecule has 108 valence electrons. The lowest BCUT2D eigenvalue weighted by Crippen LogP contribution is -2.31. The molecule has 0 unspecified atom stereocenters. The van der Waals surface area contributed by atoms with E-state index in [1.54, 1.807) is 20.9 Å². The Morgan fingerprint density at radius 3 is 2.58 bits per heavy atom. The largest absolute Gasteiger partial charge is 0.381 e. The molecule has 1 heterocycles. The lowest BCUT2D eigenvalue weighted by atomic mass is 10.4. The van der Waals surface area contributed by atoms with E-state index in [1.807, 2.05) is 0 Å². The fourth-order valence-electron chi connectivity index (χ4n) is 1.60. The van der Waals surface area contributed by atoms with Crippen LogP contribution in [0.2, 0.25) is 0 Å². The number of nitrogens with one attached hydrogen (secondary N) is 2. The average Bonchev–Trinajstić information content (AvgIpc) is 2.53. The maximum absolute atomic E-state index is 12.1. The molecule has 9 heteroatoms. The van der Waals surface area contributed by atoms with E-state index in [0.29, 0.717) is 12.2 Å². The van der Waals surface area contributed by atoms with Gasteiger partial charge in [0.25, 0.3) is 0 Å². The predicted octanol–water partition coefficient (Wildman–Crippen LogP) is -0.885. The molecular weight excluding hydrogens is 270 g/mol. The molecule has 0 spiro atoms. The van der Waals surface area contributed by atoms with Gasteiger partial charge < -0.3 is 11.1 Å². The van der Waals surface area contributed by atoms with Crippen molar-refractivity contribution in [1.29, 1.82) is 0 Å². The summed E-state index contributed by atoms with van der Waals surface area (Å²) in [4.78, 5) is 11.2. The molecule has 19 heavy (non-hydrogen) atoms. The third-order valence-electron chi connectivity index (χ3n) is 2.59. The Bertz CT molecular complexity index is 564. The highest BCUT2D eigenvalue weighted by Crippen LogP contribution is 2.20. The molecule has 0 radical (unpaired) electrons. The topological polar surface area (TPSA) is 119 Å². The zero-order valence-corrected chi connectivity index (χ0v) is 12.0. The van der Waals surface area contributed by atoms with Gasteiger partial charge in [0.05, 0.1) is 5.69 Å². The number of nitrogens with zero attached hydrogens (tertiary/aromatic N) is 2. The molecule has 0 fully saturated rings. The molecule has 1 aromatic rings. The first kappa shape index (κ1) is 15.4. The first-order valence-electron chi connectivity index (χ1n) is 5.85. The number of anilines is 1. The van der Waals surface area contributed by atoms with Gasteiger partial charge in [-0.25, -0.2) is 13.1 Å². The molecule has 1 aromatic heterocycles. The highest BCUT2D eigenvalue weighted by molar-refractivity contribution is 7.89. The normalized spacial score (nSPS) is 11.5. The quantitative estimate of drug-likeness (QED) is 0.628. The first-order chi connectivity index (χ1) is 8.79. The van der Waals surface area contributed by atoms with Crippen LogP contribution >= 0.6 is 0 Å². The number of carbonyl (C=O) groups excluding carboxylic acids is 1. The van der Waals surface area contributed by atoms with E-state index in [0.717, 1.165) is 0 Å². The molecule has 0 aliphatic carbocycles. The third-order valence-corrected chi connectivity index (χ3v) is 4.22. The second kappa shape index (κ2) is 6.02. The molecule has 0 bridgehead atoms. The number of hydrogen-bond donors (Lipinski definition) is 3. The number of sulfonamides is 1. The van der Waals surface area contributed by atoms with Crippen LogP contribution in [0.1, 0.15) is 19.0 Å². The van der Waals surface area contributed by atoms with E-state index in [9.17, 15) is 13.2 Å². The first-order valence-corrected chi connectivity index (χ1v) is 7.33. The summed E-state index contributed by atoms with van der Waals surface area (Å²) in [6, 6.07) is 0. The number of amides is 1. The zero-order valence-electron chi connectivity index (χ0n) is 11.2. The van der Waals surface area contributed by atoms with Crippen molar-refractivity contribution in [2.45, 2.75) is 25.2 Å². The maximum Gasteiger partial charge on any atom is 0.246 e. The molecule has 0 atom stereocenters. The highest BCUT2D eigenvalue weighted by atomic mass is 32.2. The van der Waals surface area contributed by atoms with E-state index < -0.39 is 10.0 Å². The molecule has 4 N–H and O–H groups in total. The Labute approximate surface area is 112 Å². The van der Waals surface area contributed by atoms with Crippen LogP contribution < -0.4 is 15.8 Å². The Kier molecular flexibility index (Phi) is 4.90. The molecule has 0 saturated carbocycles. The summed E-state index contributed by atoms with van der Waals surface area (Å²) in [5.74, 6) is -0.258. The summed E-state index contributed by atoms with van der Waals surface area (Å²) in [5.41, 5.74) is 6.02. The maximum atomic E-state index is 12.1. The molecule has 1 amide bonds. The highest BCUT2D eigenvalue weighted by Gasteiger charge is 2.24. The van der Waals surface area contributed by atoms with Crippen molar-refractivity contribution in [1.82, 2.24) is 19.8 Å². The number of rotatable bonds is 6. The van der Waals surface area contributed by atoms with E-state index in [2.05, 4.69) is 15.1 Å². The fourth-order valence-corrected chi connectivity index (χ4v) is 2.96. The van der Waals surface area contributed by atoms with Crippen LogP contribution in [0.5, 0.6) is 0 Å². The SMILES string of the molecule is CCNC(=O)CCNS(=O)(=O)c1c(N)nn(C)c1C. The van der Waals surface area contributed by atoms with E-state index >= 15 is 0 Å². The molecule has 0 saturated heterocycles. The van der Waals surface area contributed by atoms with Gasteiger partial charge in [-0.3, -0.25) is 9.48 Å². The van der Waals surface area contributed by atoms with Crippen molar-refractivity contribution in [2.75, 3.05) is 18.8 Å². The van der Waals surface area contributed by atoms with Crippen molar-refractivity contribution < 1.29 is 13.2 Å². The molecule has 8 nitrogen and oxygen atoms in total. The second-order valence-corrected chi connectivity index (χ2v) is 5.73. The summed E-state index contributed by atoms with van der Waals surface area (Å²) in [6.07, 6.45) is 0.0757. The van der Waals surface area contributed by atoms with Gasteiger partial charge in [-0.2, -0.15) is 5.10 Å². The molecule has 1 rings (SSSR count). The van der Waals surface area contributed by atoms with E-state index in [1.165, 1.54) is 4.68 Å². The van der Waals surface area contributed by atoms with Crippen molar-refractivity contribution in [2.24, 2.45) is 7.05 Å². The lowest BCUT2D eigenvalue weighted by Gasteiger charge is -2.07. The number of nitrogen functional groups attached to an aromatic ring is 1. The van der Waals surface area contributed by atoms with Crippen molar-refractivity contribution in [3.63, 3.8) is 0 Å². The van der Waals surface area contributed by atoms with Crippen molar-refractivity contribution in [3.05, 3.63) is 5.69 Å². The summed E-state index contributed by atoms with van der Waals surface area (Å²) in [5, 5.41) is 6.43. The molecular formula is C10H19N5O3S. The van der Waals surface area contributed by atoms with Crippen LogP contribution in [0.3, 0.4) is 0 Å². The Morgan fingerprint density at radius 2 is 2.11 bits per heavy atom. The van der Waals surface area contributed by atoms with Gasteiger partial charge in [-0.15, -0.1) is 0 Å². The summed E-state index contributed by atoms with van der Waals surface area (Å²) < 4.78 is 27.8. The third kappa shape index (κ3) is 3.67. The number of aromatic nitrogens is 2. The lowest BCUT2D eigenvalue weighted by molar-refractivity contribution is -0.120. The number of hydrogen-bond acceptors (Lipinski definition) is 5. The van der Waals surface area contributed by atoms with Gasteiger partial charge in [0.15, 0.2) is 5.82 Å². The van der Waals surface area contributed by atoms with Crippen LogP contribution in [-0.4, -0.2) is 37.2 Å². The smallest absolute Gasteiger partial charge is 0.246 e. The average molecular weight is 289 g/mol. The van der Waals surface area contributed by atoms with Crippen LogP contribution in [0, 0.1) is 6.92 Å². The Morgan fingerprint density at radius 1 is 1.47 bits per heavy atom. The minimum Gasteiger partial charge on any atom is -0.381 e. The van der Waals surface area contributed by atoms with Gasteiger partial charge in [-0.05, 0) is 13.8 Å². The minimum absolute atomic E-state index is 0.0158. The standard InChI is InChI=1S/C10H19N5O3S/c1-4-12-8(16)5-6-13-19(17,18)9-7(2)15(3)14-10(9)11/h13H,4-6H2,1-3H3,(H2,11,14)(H,12,16).